The average Bonchev–Trinajstić information content (AvgIpc) is 2.79. The summed E-state index contributed by atoms with van der Waals surface area (Å²) >= 11 is 5.93. The summed E-state index contributed by atoms with van der Waals surface area (Å²) < 4.78 is 0. The van der Waals surface area contributed by atoms with Gasteiger partial charge in [0.25, 0.3) is 5.91 Å². The van der Waals surface area contributed by atoms with E-state index < -0.39 is 0 Å². The first-order valence-corrected chi connectivity index (χ1v) is 5.43. The summed E-state index contributed by atoms with van der Waals surface area (Å²) in [6.45, 7) is 0. The predicted octanol–water partition coefficient (Wildman–Crippen LogP) is 2.37. The fraction of sp³-hybridized carbons (Fsp3) is 0. The molecule has 0 bridgehead atoms. The zero-order chi connectivity index (χ0) is 13.1. The van der Waals surface area contributed by atoms with E-state index in [2.05, 4.69) is 10.3 Å². The monoisotopic (exact) mass is 260 g/mol. The number of hydrogen-bond acceptors (Lipinski definition) is 3. The van der Waals surface area contributed by atoms with Gasteiger partial charge in [0.15, 0.2) is 0 Å². The van der Waals surface area contributed by atoms with E-state index in [1.54, 1.807) is 12.1 Å². The van der Waals surface area contributed by atoms with Crippen molar-refractivity contribution in [2.24, 2.45) is 0 Å². The van der Waals surface area contributed by atoms with Crippen LogP contribution >= 0.6 is 11.6 Å². The maximum absolute atomic E-state index is 11.8. The molecule has 0 atom stereocenters. The van der Waals surface area contributed by atoms with Crippen molar-refractivity contribution in [3.05, 3.63) is 46.7 Å². The molecule has 6 heteroatoms. The SMILES string of the molecule is N#Cc1ccc(Cl)c(NC(=O)c2cc(N)c[nH]2)c1. The van der Waals surface area contributed by atoms with Gasteiger partial charge in [0.1, 0.15) is 5.69 Å². The second kappa shape index (κ2) is 4.82. The van der Waals surface area contributed by atoms with Gasteiger partial charge in [-0.2, -0.15) is 5.26 Å². The van der Waals surface area contributed by atoms with Crippen molar-refractivity contribution < 1.29 is 4.79 Å². The molecule has 0 radical (unpaired) electrons. The highest BCUT2D eigenvalue weighted by atomic mass is 35.5. The minimum absolute atomic E-state index is 0.325. The van der Waals surface area contributed by atoms with Crippen molar-refractivity contribution in [2.75, 3.05) is 11.1 Å². The fourth-order valence-electron chi connectivity index (χ4n) is 1.42. The number of nitrogen functional groups attached to an aromatic ring is 1. The van der Waals surface area contributed by atoms with Gasteiger partial charge in [-0.15, -0.1) is 0 Å². The molecule has 4 N–H and O–H groups in total. The molecule has 5 nitrogen and oxygen atoms in total. The Morgan fingerprint density at radius 3 is 2.83 bits per heavy atom. The Kier molecular flexibility index (Phi) is 3.22. The molecule has 1 amide bonds. The molecule has 18 heavy (non-hydrogen) atoms. The summed E-state index contributed by atoms with van der Waals surface area (Å²) in [6, 6.07) is 8.12. The summed E-state index contributed by atoms with van der Waals surface area (Å²) in [7, 11) is 0. The molecule has 0 aliphatic carbocycles. The fourth-order valence-corrected chi connectivity index (χ4v) is 1.59. The summed E-state index contributed by atoms with van der Waals surface area (Å²) in [5.41, 5.74) is 7.10. The number of anilines is 2. The van der Waals surface area contributed by atoms with Gasteiger partial charge in [-0.05, 0) is 24.3 Å². The lowest BCUT2D eigenvalue weighted by Crippen LogP contribution is -2.12. The number of nitrogens with one attached hydrogen (secondary N) is 2. The highest BCUT2D eigenvalue weighted by Crippen LogP contribution is 2.23. The summed E-state index contributed by atoms with van der Waals surface area (Å²) in [6.07, 6.45) is 1.52. The Hall–Kier alpha value is -2.45. The van der Waals surface area contributed by atoms with E-state index >= 15 is 0 Å². The Morgan fingerprint density at radius 1 is 1.44 bits per heavy atom. The van der Waals surface area contributed by atoms with Crippen molar-refractivity contribution in [1.29, 1.82) is 5.26 Å². The first-order valence-electron chi connectivity index (χ1n) is 5.05. The lowest BCUT2D eigenvalue weighted by molar-refractivity contribution is 0.102. The van der Waals surface area contributed by atoms with E-state index in [1.807, 2.05) is 6.07 Å². The number of amides is 1. The van der Waals surface area contributed by atoms with Gasteiger partial charge < -0.3 is 16.0 Å². The van der Waals surface area contributed by atoms with Crippen molar-refractivity contribution in [2.45, 2.75) is 0 Å². The van der Waals surface area contributed by atoms with Crippen LogP contribution in [0.2, 0.25) is 5.02 Å². The second-order valence-corrected chi connectivity index (χ2v) is 4.01. The molecule has 0 saturated carbocycles. The maximum atomic E-state index is 11.8. The van der Waals surface area contributed by atoms with Gasteiger partial charge in [0, 0.05) is 11.9 Å². The van der Waals surface area contributed by atoms with Gasteiger partial charge in [-0.3, -0.25) is 4.79 Å². The van der Waals surface area contributed by atoms with E-state index in [0.29, 0.717) is 27.7 Å². The smallest absolute Gasteiger partial charge is 0.272 e. The van der Waals surface area contributed by atoms with Crippen LogP contribution in [-0.4, -0.2) is 10.9 Å². The molecule has 0 unspecified atom stereocenters. The van der Waals surface area contributed by atoms with Crippen molar-refractivity contribution >= 4 is 28.9 Å². The molecule has 1 aromatic carbocycles. The molecule has 0 aliphatic rings. The highest BCUT2D eigenvalue weighted by Gasteiger charge is 2.10. The molecule has 2 rings (SSSR count). The average molecular weight is 261 g/mol. The van der Waals surface area contributed by atoms with Crippen LogP contribution in [0.5, 0.6) is 0 Å². The molecule has 90 valence electrons. The number of carbonyl (C=O) groups is 1. The number of nitriles is 1. The van der Waals surface area contributed by atoms with Gasteiger partial charge in [0.2, 0.25) is 0 Å². The van der Waals surface area contributed by atoms with Crippen molar-refractivity contribution in [1.82, 2.24) is 4.98 Å². The quantitative estimate of drug-likeness (QED) is 0.774. The molecule has 1 heterocycles. The normalized spacial score (nSPS) is 9.78. The minimum atomic E-state index is -0.372. The Bertz CT molecular complexity index is 642. The minimum Gasteiger partial charge on any atom is -0.397 e. The molecular formula is C12H9ClN4O. The van der Waals surface area contributed by atoms with Gasteiger partial charge in [0.05, 0.1) is 22.3 Å². The summed E-state index contributed by atoms with van der Waals surface area (Å²) in [5, 5.41) is 11.7. The largest absolute Gasteiger partial charge is 0.397 e. The molecule has 1 aromatic heterocycles. The number of aromatic amines is 1. The third-order valence-corrected chi connectivity index (χ3v) is 2.62. The molecule has 0 aliphatic heterocycles. The third kappa shape index (κ3) is 2.44. The van der Waals surface area contributed by atoms with Crippen LogP contribution in [-0.2, 0) is 0 Å². The number of rotatable bonds is 2. The van der Waals surface area contributed by atoms with Crippen molar-refractivity contribution in [3.8, 4) is 6.07 Å². The van der Waals surface area contributed by atoms with Gasteiger partial charge >= 0.3 is 0 Å². The Balaban J connectivity index is 2.24. The number of nitrogens with two attached hydrogens (primary N) is 1. The first-order chi connectivity index (χ1) is 8.60. The van der Waals surface area contributed by atoms with E-state index in [1.165, 1.54) is 18.3 Å². The molecular weight excluding hydrogens is 252 g/mol. The lowest BCUT2D eigenvalue weighted by Gasteiger charge is -2.06. The van der Waals surface area contributed by atoms with Crippen LogP contribution in [0, 0.1) is 11.3 Å². The summed E-state index contributed by atoms with van der Waals surface area (Å²) in [5.74, 6) is -0.372. The first kappa shape index (κ1) is 12.0. The highest BCUT2D eigenvalue weighted by molar-refractivity contribution is 6.34. The van der Waals surface area contributed by atoms with Gasteiger partial charge in [-0.1, -0.05) is 11.6 Å². The van der Waals surface area contributed by atoms with Crippen molar-refractivity contribution in [3.63, 3.8) is 0 Å². The molecule has 0 fully saturated rings. The molecule has 0 spiro atoms. The molecule has 2 aromatic rings. The number of H-pyrrole nitrogens is 1. The predicted molar refractivity (Wildman–Crippen MR) is 69.3 cm³/mol. The van der Waals surface area contributed by atoms with Crippen LogP contribution in [0.25, 0.3) is 0 Å². The van der Waals surface area contributed by atoms with Crippen LogP contribution < -0.4 is 11.1 Å². The number of carbonyl (C=O) groups excluding carboxylic acids is 1. The number of benzene rings is 1. The topological polar surface area (TPSA) is 94.7 Å². The Labute approximate surface area is 108 Å². The third-order valence-electron chi connectivity index (χ3n) is 2.29. The number of aromatic nitrogens is 1. The Morgan fingerprint density at radius 2 is 2.22 bits per heavy atom. The van der Waals surface area contributed by atoms with E-state index in [0.717, 1.165) is 0 Å². The zero-order valence-electron chi connectivity index (χ0n) is 9.20. The standard InChI is InChI=1S/C12H9ClN4O/c13-9-2-1-7(5-14)3-10(9)17-12(18)11-4-8(15)6-16-11/h1-4,6,16H,15H2,(H,17,18). The maximum Gasteiger partial charge on any atom is 0.272 e. The van der Waals surface area contributed by atoms with E-state index in [9.17, 15) is 4.79 Å². The van der Waals surface area contributed by atoms with Crippen LogP contribution in [0.3, 0.4) is 0 Å². The zero-order valence-corrected chi connectivity index (χ0v) is 9.95. The van der Waals surface area contributed by atoms with E-state index in [4.69, 9.17) is 22.6 Å². The van der Waals surface area contributed by atoms with Gasteiger partial charge in [-0.25, -0.2) is 0 Å². The van der Waals surface area contributed by atoms with Crippen LogP contribution in [0.15, 0.2) is 30.5 Å². The number of nitrogens with zero attached hydrogens (tertiary/aromatic N) is 1. The molecule has 0 saturated heterocycles. The number of hydrogen-bond donors (Lipinski definition) is 3. The second-order valence-electron chi connectivity index (χ2n) is 3.61. The number of halogens is 1. The lowest BCUT2D eigenvalue weighted by atomic mass is 10.2. The van der Waals surface area contributed by atoms with Crippen LogP contribution in [0.4, 0.5) is 11.4 Å². The summed E-state index contributed by atoms with van der Waals surface area (Å²) in [4.78, 5) is 14.6. The van der Waals surface area contributed by atoms with E-state index in [-0.39, 0.29) is 5.91 Å². The van der Waals surface area contributed by atoms with Crippen LogP contribution in [0.1, 0.15) is 16.1 Å².